The van der Waals surface area contributed by atoms with E-state index in [1.807, 2.05) is 0 Å². The number of rotatable bonds is 0. The van der Waals surface area contributed by atoms with E-state index in [0.29, 0.717) is 0 Å². The molecular formula is C33H33Cl3Ti3. The fourth-order valence-electron chi connectivity index (χ4n) is 4.88. The monoisotopic (exact) mass is 678 g/mol. The number of hydrogen-bond acceptors (Lipinski definition) is 0. The Hall–Kier alpha value is -0.497. The van der Waals surface area contributed by atoms with Crippen molar-refractivity contribution < 1.29 is 102 Å². The molecule has 6 aromatic rings. The number of benzene rings is 3. The zero-order valence-corrected chi connectivity index (χ0v) is 30.2. The summed E-state index contributed by atoms with van der Waals surface area (Å²) in [5.74, 6) is 0. The molecule has 0 spiro atoms. The summed E-state index contributed by atoms with van der Waals surface area (Å²) in [4.78, 5) is 0. The van der Waals surface area contributed by atoms with Gasteiger partial charge >= 0.3 is 65.2 Å². The molecule has 0 heterocycles. The molecule has 0 nitrogen and oxygen atoms in total. The van der Waals surface area contributed by atoms with Gasteiger partial charge in [0.1, 0.15) is 0 Å². The van der Waals surface area contributed by atoms with Gasteiger partial charge < -0.3 is 37.2 Å². The van der Waals surface area contributed by atoms with Crippen molar-refractivity contribution in [2.45, 2.75) is 41.5 Å². The third-order valence-electron chi connectivity index (χ3n) is 6.31. The van der Waals surface area contributed by atoms with E-state index >= 15 is 0 Å². The molecule has 0 saturated heterocycles. The molecule has 6 heteroatoms. The van der Waals surface area contributed by atoms with Gasteiger partial charge in [-0.3, -0.25) is 0 Å². The fraction of sp³-hybridized carbons (Fsp3) is 0.182. The standard InChI is InChI=1S/3C11H11.3ClH.3Ti/c3*1-8-6-9(2)11-5-3-4-10(11)7-8;;;;;;/h3*3-7H,1-2H3;3*1H;;;/q3*-1;;;;3*+2/p-3. The van der Waals surface area contributed by atoms with Gasteiger partial charge in [0.2, 0.25) is 0 Å². The molecule has 0 aliphatic carbocycles. The molecule has 6 aromatic carbocycles. The molecule has 0 fully saturated rings. The molecule has 0 atom stereocenters. The van der Waals surface area contributed by atoms with Gasteiger partial charge in [0.15, 0.2) is 0 Å². The average Bonchev–Trinajstić information content (AvgIpc) is 3.48. The topological polar surface area (TPSA) is 0 Å². The maximum absolute atomic E-state index is 2.22. The minimum Gasteiger partial charge on any atom is -1.00 e. The third kappa shape index (κ3) is 11.0. The largest absolute Gasteiger partial charge is 2.00 e. The normalized spacial score (nSPS) is 9.08. The Balaban J connectivity index is -0.000000463. The summed E-state index contributed by atoms with van der Waals surface area (Å²) in [7, 11) is 0. The zero-order valence-electron chi connectivity index (χ0n) is 23.3. The molecule has 0 unspecified atom stereocenters. The van der Waals surface area contributed by atoms with E-state index in [-0.39, 0.29) is 102 Å². The Bertz CT molecular complexity index is 1360. The first-order valence-corrected chi connectivity index (χ1v) is 11.7. The van der Waals surface area contributed by atoms with Crippen LogP contribution >= 0.6 is 0 Å². The number of aryl methyl sites for hydroxylation is 6. The molecule has 0 bridgehead atoms. The van der Waals surface area contributed by atoms with Gasteiger partial charge in [0.25, 0.3) is 0 Å². The Morgan fingerprint density at radius 3 is 0.846 bits per heavy atom. The van der Waals surface area contributed by atoms with Crippen molar-refractivity contribution in [2.75, 3.05) is 0 Å². The van der Waals surface area contributed by atoms with Crippen LogP contribution in [0, 0.1) is 41.5 Å². The average molecular weight is 680 g/mol. The number of halogens is 3. The quantitative estimate of drug-likeness (QED) is 0.163. The van der Waals surface area contributed by atoms with Crippen LogP contribution in [-0.4, -0.2) is 0 Å². The van der Waals surface area contributed by atoms with Crippen LogP contribution in [0.4, 0.5) is 0 Å². The smallest absolute Gasteiger partial charge is 1.00 e. The summed E-state index contributed by atoms with van der Waals surface area (Å²) < 4.78 is 0. The summed E-state index contributed by atoms with van der Waals surface area (Å²) >= 11 is 0. The molecule has 0 saturated carbocycles. The summed E-state index contributed by atoms with van der Waals surface area (Å²) in [5, 5.41) is 8.24. The second-order valence-electron chi connectivity index (χ2n) is 9.33. The Morgan fingerprint density at radius 1 is 0.385 bits per heavy atom. The minimum atomic E-state index is 0. The van der Waals surface area contributed by atoms with Crippen molar-refractivity contribution in [3.8, 4) is 0 Å². The summed E-state index contributed by atoms with van der Waals surface area (Å²) in [6, 6.07) is 32.7. The van der Waals surface area contributed by atoms with Crippen LogP contribution in [-0.2, 0) is 65.2 Å². The van der Waals surface area contributed by atoms with E-state index in [1.165, 1.54) is 65.7 Å². The van der Waals surface area contributed by atoms with Gasteiger partial charge in [-0.2, -0.15) is 36.4 Å². The van der Waals surface area contributed by atoms with Crippen molar-refractivity contribution in [1.82, 2.24) is 0 Å². The van der Waals surface area contributed by atoms with E-state index in [4.69, 9.17) is 0 Å². The molecule has 6 rings (SSSR count). The Morgan fingerprint density at radius 2 is 0.615 bits per heavy atom. The van der Waals surface area contributed by atoms with Gasteiger partial charge in [0, 0.05) is 0 Å². The molecular weight excluding hydrogens is 646 g/mol. The van der Waals surface area contributed by atoms with Crippen LogP contribution < -0.4 is 37.2 Å². The predicted molar refractivity (Wildman–Crippen MR) is 147 cm³/mol. The third-order valence-corrected chi connectivity index (χ3v) is 6.31. The molecule has 39 heavy (non-hydrogen) atoms. The van der Waals surface area contributed by atoms with Crippen LogP contribution in [0.3, 0.4) is 0 Å². The molecule has 0 amide bonds. The fourth-order valence-corrected chi connectivity index (χ4v) is 4.88. The molecule has 0 aliphatic heterocycles. The number of fused-ring (bicyclic) bond motifs is 3. The molecule has 0 aliphatic rings. The van der Waals surface area contributed by atoms with Crippen molar-refractivity contribution >= 4 is 32.3 Å². The second kappa shape index (κ2) is 19.6. The van der Waals surface area contributed by atoms with Crippen LogP contribution in [0.2, 0.25) is 0 Å². The van der Waals surface area contributed by atoms with E-state index < -0.39 is 0 Å². The maximum atomic E-state index is 2.22. The molecule has 198 valence electrons. The van der Waals surface area contributed by atoms with Crippen LogP contribution in [0.5, 0.6) is 0 Å². The Kier molecular flexibility index (Phi) is 21.6. The van der Waals surface area contributed by atoms with Crippen molar-refractivity contribution in [3.05, 3.63) is 124 Å². The first-order chi connectivity index (χ1) is 15.8. The van der Waals surface area contributed by atoms with Crippen LogP contribution in [0.25, 0.3) is 32.3 Å². The summed E-state index contributed by atoms with van der Waals surface area (Å²) in [6.45, 7) is 12.9. The van der Waals surface area contributed by atoms with Gasteiger partial charge in [-0.05, 0) is 41.5 Å². The van der Waals surface area contributed by atoms with Crippen molar-refractivity contribution in [3.63, 3.8) is 0 Å². The van der Waals surface area contributed by atoms with Crippen molar-refractivity contribution in [2.24, 2.45) is 0 Å². The zero-order chi connectivity index (χ0) is 23.5. The molecule has 0 aromatic heterocycles. The number of hydrogen-bond donors (Lipinski definition) is 0. The van der Waals surface area contributed by atoms with E-state index in [2.05, 4.69) is 133 Å². The summed E-state index contributed by atoms with van der Waals surface area (Å²) in [6.07, 6.45) is 0. The SMILES string of the molecule is Cc1cc(C)c2cc[cH-]c2c1.Cc1cc(C)c2cc[cH-]c2c1.Cc1cc(C)c2cc[cH-]c2c1.[Cl-].[Cl-].[Cl-].[Ti+2].[Ti+2].[Ti+2]. The van der Waals surface area contributed by atoms with Crippen LogP contribution in [0.1, 0.15) is 33.4 Å². The molecule has 0 radical (unpaired) electrons. The van der Waals surface area contributed by atoms with Gasteiger partial charge in [-0.25, -0.2) is 0 Å². The van der Waals surface area contributed by atoms with E-state index in [1.54, 1.807) is 0 Å². The summed E-state index contributed by atoms with van der Waals surface area (Å²) in [5.41, 5.74) is 8.18. The maximum Gasteiger partial charge on any atom is 2.00 e. The second-order valence-corrected chi connectivity index (χ2v) is 9.33. The first kappa shape index (κ1) is 43.0. The van der Waals surface area contributed by atoms with Gasteiger partial charge in [0.05, 0.1) is 0 Å². The first-order valence-electron chi connectivity index (χ1n) is 11.7. The van der Waals surface area contributed by atoms with E-state index in [9.17, 15) is 0 Å². The van der Waals surface area contributed by atoms with Gasteiger partial charge in [-0.15, -0.1) is 68.7 Å². The minimum absolute atomic E-state index is 0. The van der Waals surface area contributed by atoms with E-state index in [0.717, 1.165) is 0 Å². The Labute approximate surface area is 297 Å². The van der Waals surface area contributed by atoms with Crippen molar-refractivity contribution in [1.29, 1.82) is 0 Å². The van der Waals surface area contributed by atoms with Gasteiger partial charge in [-0.1, -0.05) is 51.6 Å². The predicted octanol–water partition coefficient (Wildman–Crippen LogP) is 0.531. The molecule has 0 N–H and O–H groups in total. The van der Waals surface area contributed by atoms with Crippen LogP contribution in [0.15, 0.2) is 91.0 Å².